The number of urea groups is 1. The average Bonchev–Trinajstić information content (AvgIpc) is 2.27. The smallest absolute Gasteiger partial charge is 0.321 e. The zero-order chi connectivity index (χ0) is 13.5. The van der Waals surface area contributed by atoms with E-state index in [1.807, 2.05) is 0 Å². The second kappa shape index (κ2) is 7.95. The molecule has 0 aromatic heterocycles. The van der Waals surface area contributed by atoms with Crippen LogP contribution in [-0.2, 0) is 0 Å². The van der Waals surface area contributed by atoms with Crippen molar-refractivity contribution >= 4 is 58.1 Å². The van der Waals surface area contributed by atoms with E-state index in [1.54, 1.807) is 18.2 Å². The van der Waals surface area contributed by atoms with E-state index in [0.29, 0.717) is 40.6 Å². The van der Waals surface area contributed by atoms with Gasteiger partial charge in [0.05, 0.1) is 0 Å². The maximum absolute atomic E-state index is 11.9. The molecule has 0 bridgehead atoms. The first-order valence-electron chi connectivity index (χ1n) is 5.20. The number of hydrogen-bond donors (Lipinski definition) is 1. The van der Waals surface area contributed by atoms with Crippen molar-refractivity contribution in [2.75, 3.05) is 30.2 Å². The Labute approximate surface area is 126 Å². The lowest BCUT2D eigenvalue weighted by Gasteiger charge is -2.21. The summed E-state index contributed by atoms with van der Waals surface area (Å²) < 4.78 is 0. The molecule has 100 valence electrons. The summed E-state index contributed by atoms with van der Waals surface area (Å²) >= 11 is 22.9. The van der Waals surface area contributed by atoms with Gasteiger partial charge in [0, 0.05) is 40.6 Å². The SMILES string of the molecule is O=C(Nc1cc(Cl)cc(Cl)c1)N(CCCl)CCCl. The average molecular weight is 330 g/mol. The lowest BCUT2D eigenvalue weighted by molar-refractivity contribution is 0.218. The molecule has 0 aliphatic carbocycles. The van der Waals surface area contributed by atoms with Gasteiger partial charge >= 0.3 is 6.03 Å². The minimum absolute atomic E-state index is 0.283. The molecule has 7 heteroatoms. The summed E-state index contributed by atoms with van der Waals surface area (Å²) in [5.74, 6) is 0.696. The van der Waals surface area contributed by atoms with E-state index in [4.69, 9.17) is 46.4 Å². The fraction of sp³-hybridized carbons (Fsp3) is 0.364. The molecule has 1 N–H and O–H groups in total. The molecule has 18 heavy (non-hydrogen) atoms. The van der Waals surface area contributed by atoms with E-state index in [-0.39, 0.29) is 6.03 Å². The summed E-state index contributed by atoms with van der Waals surface area (Å²) in [6.45, 7) is 0.850. The van der Waals surface area contributed by atoms with Gasteiger partial charge in [-0.1, -0.05) is 23.2 Å². The second-order valence-corrected chi connectivity index (χ2v) is 5.08. The van der Waals surface area contributed by atoms with E-state index in [2.05, 4.69) is 5.32 Å². The molecular weight excluding hydrogens is 318 g/mol. The highest BCUT2D eigenvalue weighted by Gasteiger charge is 2.12. The molecule has 0 aliphatic rings. The monoisotopic (exact) mass is 328 g/mol. The van der Waals surface area contributed by atoms with Crippen molar-refractivity contribution in [3.8, 4) is 0 Å². The zero-order valence-corrected chi connectivity index (χ0v) is 12.5. The molecule has 0 saturated heterocycles. The van der Waals surface area contributed by atoms with Crippen LogP contribution in [0.1, 0.15) is 0 Å². The number of nitrogens with zero attached hydrogens (tertiary/aromatic N) is 1. The van der Waals surface area contributed by atoms with Crippen LogP contribution in [0, 0.1) is 0 Å². The van der Waals surface area contributed by atoms with Crippen LogP contribution in [-0.4, -0.2) is 35.8 Å². The topological polar surface area (TPSA) is 32.3 Å². The second-order valence-electron chi connectivity index (χ2n) is 3.45. The van der Waals surface area contributed by atoms with Gasteiger partial charge in [-0.25, -0.2) is 4.79 Å². The third kappa shape index (κ3) is 5.11. The maximum atomic E-state index is 11.9. The molecule has 1 aromatic carbocycles. The molecule has 1 aromatic rings. The van der Waals surface area contributed by atoms with Crippen molar-refractivity contribution in [1.82, 2.24) is 4.90 Å². The molecule has 1 rings (SSSR count). The standard InChI is InChI=1S/C11H12Cl4N2O/c12-1-3-17(4-2-13)11(18)16-10-6-8(14)5-9(15)7-10/h5-7H,1-4H2,(H,16,18). The van der Waals surface area contributed by atoms with Gasteiger partial charge in [0.1, 0.15) is 0 Å². The predicted octanol–water partition coefficient (Wildman–Crippen LogP) is 4.30. The summed E-state index contributed by atoms with van der Waals surface area (Å²) in [6.07, 6.45) is 0. The van der Waals surface area contributed by atoms with Crippen LogP contribution < -0.4 is 5.32 Å². The van der Waals surface area contributed by atoms with E-state index in [9.17, 15) is 4.79 Å². The Morgan fingerprint density at radius 2 is 1.56 bits per heavy atom. The zero-order valence-electron chi connectivity index (χ0n) is 9.43. The number of benzene rings is 1. The van der Waals surface area contributed by atoms with Crippen LogP contribution in [0.4, 0.5) is 10.5 Å². The number of anilines is 1. The largest absolute Gasteiger partial charge is 0.322 e. The Morgan fingerprint density at radius 3 is 2.00 bits per heavy atom. The number of rotatable bonds is 5. The van der Waals surface area contributed by atoms with E-state index in [1.165, 1.54) is 4.90 Å². The first kappa shape index (κ1) is 15.7. The van der Waals surface area contributed by atoms with Crippen LogP contribution in [0.25, 0.3) is 0 Å². The Bertz CT molecular complexity index is 388. The molecule has 0 fully saturated rings. The summed E-state index contributed by atoms with van der Waals surface area (Å²) in [4.78, 5) is 13.4. The third-order valence-electron chi connectivity index (χ3n) is 2.11. The number of hydrogen-bond acceptors (Lipinski definition) is 1. The van der Waals surface area contributed by atoms with Crippen LogP contribution in [0.2, 0.25) is 10.0 Å². The maximum Gasteiger partial charge on any atom is 0.321 e. The van der Waals surface area contributed by atoms with Gasteiger partial charge in [0.2, 0.25) is 0 Å². The highest BCUT2D eigenvalue weighted by Crippen LogP contribution is 2.22. The van der Waals surface area contributed by atoms with E-state index in [0.717, 1.165) is 0 Å². The molecule has 2 amide bonds. The molecule has 0 aliphatic heterocycles. The number of alkyl halides is 2. The van der Waals surface area contributed by atoms with Gasteiger partial charge < -0.3 is 10.2 Å². The quantitative estimate of drug-likeness (QED) is 0.802. The Hall–Kier alpha value is -0.350. The Balaban J connectivity index is 2.72. The minimum Gasteiger partial charge on any atom is -0.322 e. The minimum atomic E-state index is -0.283. The molecular formula is C11H12Cl4N2O. The number of nitrogens with one attached hydrogen (secondary N) is 1. The number of carbonyl (C=O) groups is 1. The Morgan fingerprint density at radius 1 is 1.06 bits per heavy atom. The molecule has 0 radical (unpaired) electrons. The first-order valence-corrected chi connectivity index (χ1v) is 7.03. The van der Waals surface area contributed by atoms with Crippen molar-refractivity contribution < 1.29 is 4.79 Å². The number of carbonyl (C=O) groups excluding carboxylic acids is 1. The van der Waals surface area contributed by atoms with Crippen molar-refractivity contribution in [3.63, 3.8) is 0 Å². The summed E-state index contributed by atoms with van der Waals surface area (Å²) in [5.41, 5.74) is 0.534. The summed E-state index contributed by atoms with van der Waals surface area (Å²) in [7, 11) is 0. The van der Waals surface area contributed by atoms with Gasteiger partial charge in [0.15, 0.2) is 0 Å². The molecule has 0 unspecified atom stereocenters. The van der Waals surface area contributed by atoms with Crippen LogP contribution in [0.15, 0.2) is 18.2 Å². The lowest BCUT2D eigenvalue weighted by atomic mass is 10.3. The molecule has 0 atom stereocenters. The first-order chi connectivity index (χ1) is 8.56. The van der Waals surface area contributed by atoms with Gasteiger partial charge in [-0.15, -0.1) is 23.2 Å². The third-order valence-corrected chi connectivity index (χ3v) is 2.88. The van der Waals surface area contributed by atoms with Crippen molar-refractivity contribution in [2.24, 2.45) is 0 Å². The van der Waals surface area contributed by atoms with Crippen LogP contribution >= 0.6 is 46.4 Å². The molecule has 3 nitrogen and oxygen atoms in total. The highest BCUT2D eigenvalue weighted by molar-refractivity contribution is 6.35. The molecule has 0 spiro atoms. The Kier molecular flexibility index (Phi) is 6.94. The van der Waals surface area contributed by atoms with Gasteiger partial charge in [0.25, 0.3) is 0 Å². The van der Waals surface area contributed by atoms with Crippen LogP contribution in [0.3, 0.4) is 0 Å². The van der Waals surface area contributed by atoms with Gasteiger partial charge in [-0.2, -0.15) is 0 Å². The number of halogens is 4. The predicted molar refractivity (Wildman–Crippen MR) is 78.5 cm³/mol. The van der Waals surface area contributed by atoms with E-state index < -0.39 is 0 Å². The number of amides is 2. The summed E-state index contributed by atoms with van der Waals surface area (Å²) in [6, 6.07) is 4.54. The highest BCUT2D eigenvalue weighted by atomic mass is 35.5. The summed E-state index contributed by atoms with van der Waals surface area (Å²) in [5, 5.41) is 3.61. The normalized spacial score (nSPS) is 10.2. The lowest BCUT2D eigenvalue weighted by Crippen LogP contribution is -2.37. The fourth-order valence-corrected chi connectivity index (χ4v) is 2.28. The van der Waals surface area contributed by atoms with E-state index >= 15 is 0 Å². The van der Waals surface area contributed by atoms with Crippen molar-refractivity contribution in [2.45, 2.75) is 0 Å². The van der Waals surface area contributed by atoms with Gasteiger partial charge in [-0.05, 0) is 18.2 Å². The van der Waals surface area contributed by atoms with Crippen molar-refractivity contribution in [3.05, 3.63) is 28.2 Å². The molecule has 0 heterocycles. The van der Waals surface area contributed by atoms with Crippen molar-refractivity contribution in [1.29, 1.82) is 0 Å². The van der Waals surface area contributed by atoms with Crippen LogP contribution in [0.5, 0.6) is 0 Å². The molecule has 0 saturated carbocycles. The fourth-order valence-electron chi connectivity index (χ4n) is 1.35. The van der Waals surface area contributed by atoms with Gasteiger partial charge in [-0.3, -0.25) is 0 Å².